The van der Waals surface area contributed by atoms with E-state index in [4.69, 9.17) is 23.8 Å². The van der Waals surface area contributed by atoms with E-state index in [1.54, 1.807) is 12.1 Å². The quantitative estimate of drug-likeness (QED) is 0.367. The van der Waals surface area contributed by atoms with Gasteiger partial charge in [-0.05, 0) is 42.9 Å². The number of benzene rings is 1. The lowest BCUT2D eigenvalue weighted by Gasteiger charge is -2.09. The van der Waals surface area contributed by atoms with Crippen LogP contribution in [-0.4, -0.2) is 11.0 Å². The Hall–Kier alpha value is -1.13. The highest BCUT2D eigenvalue weighted by Gasteiger charge is 2.04. The summed E-state index contributed by atoms with van der Waals surface area (Å²) in [7, 11) is 0. The smallest absolute Gasteiger partial charge is 0.226 e. The van der Waals surface area contributed by atoms with Crippen LogP contribution in [0.4, 0.5) is 5.69 Å². The number of anilines is 1. The van der Waals surface area contributed by atoms with Gasteiger partial charge in [0.1, 0.15) is 0 Å². The van der Waals surface area contributed by atoms with Crippen molar-refractivity contribution in [1.29, 1.82) is 0 Å². The molecule has 2 N–H and O–H groups in total. The van der Waals surface area contributed by atoms with E-state index in [-0.39, 0.29) is 5.91 Å². The van der Waals surface area contributed by atoms with Gasteiger partial charge in [-0.3, -0.25) is 4.79 Å². The standard InChI is InChI=1S/C19H29ClN2OS/c1-2-3-4-5-6-7-8-9-10-11-18(23)22-19(24)21-17-14-12-16(20)13-15-17/h12-15H,2-11H2,1H3,(H2,21,22,23,24). The van der Waals surface area contributed by atoms with E-state index in [0.717, 1.165) is 18.5 Å². The minimum Gasteiger partial charge on any atom is -0.332 e. The van der Waals surface area contributed by atoms with E-state index in [1.807, 2.05) is 12.1 Å². The number of amides is 1. The SMILES string of the molecule is CCCCCCCCCCCC(=O)NC(=S)Nc1ccc(Cl)cc1. The predicted octanol–water partition coefficient (Wildman–Crippen LogP) is 6.07. The highest BCUT2D eigenvalue weighted by molar-refractivity contribution is 7.80. The van der Waals surface area contributed by atoms with Gasteiger partial charge < -0.3 is 10.6 Å². The summed E-state index contributed by atoms with van der Waals surface area (Å²) in [5, 5.41) is 6.69. The fourth-order valence-electron chi connectivity index (χ4n) is 2.48. The number of hydrogen-bond donors (Lipinski definition) is 2. The maximum atomic E-state index is 11.8. The van der Waals surface area contributed by atoms with Gasteiger partial charge in [-0.25, -0.2) is 0 Å². The molecule has 0 aliphatic heterocycles. The normalized spacial score (nSPS) is 10.4. The first-order valence-corrected chi connectivity index (χ1v) is 9.77. The van der Waals surface area contributed by atoms with Crippen LogP contribution >= 0.6 is 23.8 Å². The first-order valence-electron chi connectivity index (χ1n) is 8.98. The molecule has 0 bridgehead atoms. The molecule has 1 aromatic carbocycles. The van der Waals surface area contributed by atoms with Gasteiger partial charge in [0.05, 0.1) is 0 Å². The van der Waals surface area contributed by atoms with Gasteiger partial charge in [0.25, 0.3) is 0 Å². The Morgan fingerprint density at radius 1 is 0.958 bits per heavy atom. The second kappa shape index (κ2) is 13.2. The topological polar surface area (TPSA) is 41.1 Å². The molecule has 0 heterocycles. The molecular weight excluding hydrogens is 340 g/mol. The highest BCUT2D eigenvalue weighted by atomic mass is 35.5. The van der Waals surface area contributed by atoms with Gasteiger partial charge >= 0.3 is 0 Å². The fraction of sp³-hybridized carbons (Fsp3) is 0.579. The third-order valence-corrected chi connectivity index (χ3v) is 4.32. The average Bonchev–Trinajstić information content (AvgIpc) is 2.55. The minimum atomic E-state index is -0.0237. The lowest BCUT2D eigenvalue weighted by molar-refractivity contribution is -0.119. The molecule has 24 heavy (non-hydrogen) atoms. The molecule has 1 aromatic rings. The molecule has 5 heteroatoms. The van der Waals surface area contributed by atoms with Crippen molar-refractivity contribution >= 4 is 40.5 Å². The van der Waals surface area contributed by atoms with Crippen molar-refractivity contribution < 1.29 is 4.79 Å². The van der Waals surface area contributed by atoms with Crippen molar-refractivity contribution in [3.05, 3.63) is 29.3 Å². The molecule has 0 aliphatic rings. The Balaban J connectivity index is 2.03. The van der Waals surface area contributed by atoms with E-state index in [9.17, 15) is 4.79 Å². The molecule has 0 aromatic heterocycles. The second-order valence-corrected chi connectivity index (χ2v) is 6.93. The maximum Gasteiger partial charge on any atom is 0.226 e. The van der Waals surface area contributed by atoms with Crippen molar-refractivity contribution in [1.82, 2.24) is 5.32 Å². The summed E-state index contributed by atoms with van der Waals surface area (Å²) in [5.41, 5.74) is 0.813. The number of nitrogens with one attached hydrogen (secondary N) is 2. The fourth-order valence-corrected chi connectivity index (χ4v) is 2.84. The van der Waals surface area contributed by atoms with Crippen LogP contribution in [0.15, 0.2) is 24.3 Å². The Morgan fingerprint density at radius 2 is 1.50 bits per heavy atom. The van der Waals surface area contributed by atoms with Crippen LogP contribution in [0.3, 0.4) is 0 Å². The molecule has 0 spiro atoms. The molecule has 0 atom stereocenters. The number of rotatable bonds is 11. The maximum absolute atomic E-state index is 11.8. The molecule has 1 amide bonds. The summed E-state index contributed by atoms with van der Waals surface area (Å²) in [6.45, 7) is 2.24. The summed E-state index contributed by atoms with van der Waals surface area (Å²) < 4.78 is 0. The minimum absolute atomic E-state index is 0.0237. The Bertz CT molecular complexity index is 491. The van der Waals surface area contributed by atoms with Gasteiger partial charge in [-0.15, -0.1) is 0 Å². The van der Waals surface area contributed by atoms with Crippen molar-refractivity contribution in [2.75, 3.05) is 5.32 Å². The van der Waals surface area contributed by atoms with Crippen LogP contribution in [0.5, 0.6) is 0 Å². The van der Waals surface area contributed by atoms with Gasteiger partial charge in [-0.2, -0.15) is 0 Å². The van der Waals surface area contributed by atoms with E-state index in [0.29, 0.717) is 16.6 Å². The summed E-state index contributed by atoms with van der Waals surface area (Å²) in [4.78, 5) is 11.8. The van der Waals surface area contributed by atoms with Crippen LogP contribution in [0.2, 0.25) is 5.02 Å². The number of unbranched alkanes of at least 4 members (excludes halogenated alkanes) is 8. The first kappa shape index (κ1) is 20.9. The zero-order valence-electron chi connectivity index (χ0n) is 14.6. The van der Waals surface area contributed by atoms with Crippen LogP contribution < -0.4 is 10.6 Å². The second-order valence-electron chi connectivity index (χ2n) is 6.09. The van der Waals surface area contributed by atoms with Crippen LogP contribution in [-0.2, 0) is 4.79 Å². The molecule has 0 aliphatic carbocycles. The number of carbonyl (C=O) groups excluding carboxylic acids is 1. The van der Waals surface area contributed by atoms with Crippen LogP contribution in [0.1, 0.15) is 71.1 Å². The summed E-state index contributed by atoms with van der Waals surface area (Å²) in [5.74, 6) is -0.0237. The lowest BCUT2D eigenvalue weighted by atomic mass is 10.1. The molecule has 3 nitrogen and oxygen atoms in total. The number of carbonyl (C=O) groups is 1. The molecule has 0 radical (unpaired) electrons. The van der Waals surface area contributed by atoms with Crippen molar-refractivity contribution in [2.24, 2.45) is 0 Å². The van der Waals surface area contributed by atoms with Crippen molar-refractivity contribution in [3.63, 3.8) is 0 Å². The van der Waals surface area contributed by atoms with E-state index in [2.05, 4.69) is 17.6 Å². The number of thiocarbonyl (C=S) groups is 1. The zero-order chi connectivity index (χ0) is 17.6. The van der Waals surface area contributed by atoms with Crippen LogP contribution in [0.25, 0.3) is 0 Å². The van der Waals surface area contributed by atoms with E-state index >= 15 is 0 Å². The molecule has 0 fully saturated rings. The molecule has 0 saturated carbocycles. The highest BCUT2D eigenvalue weighted by Crippen LogP contribution is 2.13. The monoisotopic (exact) mass is 368 g/mol. The van der Waals surface area contributed by atoms with Gasteiger partial charge in [0, 0.05) is 17.1 Å². The Morgan fingerprint density at radius 3 is 2.08 bits per heavy atom. The first-order chi connectivity index (χ1) is 11.6. The number of hydrogen-bond acceptors (Lipinski definition) is 2. The van der Waals surface area contributed by atoms with Crippen LogP contribution in [0, 0.1) is 0 Å². The summed E-state index contributed by atoms with van der Waals surface area (Å²) >= 11 is 11.0. The molecular formula is C19H29ClN2OS. The van der Waals surface area contributed by atoms with Crippen molar-refractivity contribution in [3.8, 4) is 0 Å². The van der Waals surface area contributed by atoms with E-state index in [1.165, 1.54) is 44.9 Å². The number of halogens is 1. The third-order valence-electron chi connectivity index (χ3n) is 3.86. The molecule has 0 saturated heterocycles. The van der Waals surface area contributed by atoms with Crippen molar-refractivity contribution in [2.45, 2.75) is 71.1 Å². The van der Waals surface area contributed by atoms with Gasteiger partial charge in [-0.1, -0.05) is 69.9 Å². The predicted molar refractivity (Wildman–Crippen MR) is 108 cm³/mol. The average molecular weight is 369 g/mol. The Labute approximate surface area is 156 Å². The summed E-state index contributed by atoms with van der Waals surface area (Å²) in [6.07, 6.45) is 11.7. The molecule has 134 valence electrons. The Kier molecular flexibility index (Phi) is 11.5. The molecule has 0 unspecified atom stereocenters. The van der Waals surface area contributed by atoms with Gasteiger partial charge in [0.2, 0.25) is 5.91 Å². The zero-order valence-corrected chi connectivity index (χ0v) is 16.1. The van der Waals surface area contributed by atoms with Gasteiger partial charge in [0.15, 0.2) is 5.11 Å². The molecule has 1 rings (SSSR count). The largest absolute Gasteiger partial charge is 0.332 e. The summed E-state index contributed by atoms with van der Waals surface area (Å²) in [6, 6.07) is 7.19. The van der Waals surface area contributed by atoms with E-state index < -0.39 is 0 Å². The third kappa shape index (κ3) is 10.6. The lowest BCUT2D eigenvalue weighted by Crippen LogP contribution is -2.33.